The zero-order chi connectivity index (χ0) is 15.1. The predicted molar refractivity (Wildman–Crippen MR) is 80.1 cm³/mol. The van der Waals surface area contributed by atoms with Crippen molar-refractivity contribution in [3.05, 3.63) is 60.1 Å². The van der Waals surface area contributed by atoms with E-state index in [0.29, 0.717) is 6.61 Å². The molecule has 2 rings (SSSR count). The average Bonchev–Trinajstić information content (AvgIpc) is 3.02. The number of furan rings is 1. The quantitative estimate of drug-likeness (QED) is 0.693. The van der Waals surface area contributed by atoms with Gasteiger partial charge in [-0.2, -0.15) is 0 Å². The number of amidine groups is 1. The molecule has 0 saturated heterocycles. The molecule has 5 heteroatoms. The van der Waals surface area contributed by atoms with Gasteiger partial charge < -0.3 is 9.15 Å². The monoisotopic (exact) mass is 286 g/mol. The molecule has 0 radical (unpaired) electrons. The van der Waals surface area contributed by atoms with Crippen molar-refractivity contribution in [2.24, 2.45) is 4.99 Å². The van der Waals surface area contributed by atoms with Crippen LogP contribution < -0.4 is 5.32 Å². The molecule has 21 heavy (non-hydrogen) atoms. The second kappa shape index (κ2) is 7.28. The zero-order valence-corrected chi connectivity index (χ0v) is 12.1. The van der Waals surface area contributed by atoms with Crippen LogP contribution in [0.2, 0.25) is 0 Å². The van der Waals surface area contributed by atoms with Crippen LogP contribution >= 0.6 is 0 Å². The molecule has 1 aromatic carbocycles. The fraction of sp³-hybridized carbons (Fsp3) is 0.250. The third-order valence-corrected chi connectivity index (χ3v) is 2.84. The summed E-state index contributed by atoms with van der Waals surface area (Å²) in [5.74, 6) is -0.165. The largest absolute Gasteiger partial charge is 0.465 e. The summed E-state index contributed by atoms with van der Waals surface area (Å²) in [5.41, 5.74) is 1.04. The summed E-state index contributed by atoms with van der Waals surface area (Å²) >= 11 is 0. The van der Waals surface area contributed by atoms with E-state index in [2.05, 4.69) is 10.3 Å². The number of amides is 1. The van der Waals surface area contributed by atoms with Gasteiger partial charge in [0.15, 0.2) is 5.76 Å². The van der Waals surface area contributed by atoms with Gasteiger partial charge in [0.2, 0.25) is 0 Å². The summed E-state index contributed by atoms with van der Waals surface area (Å²) in [7, 11) is 0. The fourth-order valence-corrected chi connectivity index (χ4v) is 1.79. The first-order chi connectivity index (χ1) is 10.2. The van der Waals surface area contributed by atoms with Crippen LogP contribution in [0.25, 0.3) is 0 Å². The maximum absolute atomic E-state index is 11.9. The topological polar surface area (TPSA) is 63.8 Å². The molecule has 1 N–H and O–H groups in total. The van der Waals surface area contributed by atoms with Gasteiger partial charge in [-0.3, -0.25) is 10.1 Å². The Bertz CT molecular complexity index is 591. The molecule has 110 valence electrons. The molecular weight excluding hydrogens is 268 g/mol. The maximum Gasteiger partial charge on any atom is 0.294 e. The van der Waals surface area contributed by atoms with Crippen LogP contribution in [0.15, 0.2) is 58.1 Å². The lowest BCUT2D eigenvalue weighted by Crippen LogP contribution is -2.32. The van der Waals surface area contributed by atoms with Gasteiger partial charge in [0.1, 0.15) is 0 Å². The highest BCUT2D eigenvalue weighted by Gasteiger charge is 2.13. The maximum atomic E-state index is 11.9. The SMILES string of the molecule is CCOC(=NC(C)c1ccccc1)NC(=O)c1ccco1. The number of carbonyl (C=O) groups is 1. The van der Waals surface area contributed by atoms with E-state index in [0.717, 1.165) is 5.56 Å². The van der Waals surface area contributed by atoms with Crippen LogP contribution in [0.4, 0.5) is 0 Å². The smallest absolute Gasteiger partial charge is 0.294 e. The lowest BCUT2D eigenvalue weighted by Gasteiger charge is -2.12. The molecule has 2 aromatic rings. The Hall–Kier alpha value is -2.56. The van der Waals surface area contributed by atoms with Crippen LogP contribution in [0, 0.1) is 0 Å². The standard InChI is InChI=1S/C16H18N2O3/c1-3-20-16(18-15(19)14-10-7-11-21-14)17-12(2)13-8-5-4-6-9-13/h4-12H,3H2,1-2H3,(H,17,18,19). The van der Waals surface area contributed by atoms with Crippen LogP contribution in [-0.2, 0) is 4.74 Å². The van der Waals surface area contributed by atoms with Crippen LogP contribution in [0.3, 0.4) is 0 Å². The Morgan fingerprint density at radius 3 is 2.67 bits per heavy atom. The van der Waals surface area contributed by atoms with Crippen molar-refractivity contribution >= 4 is 11.9 Å². The van der Waals surface area contributed by atoms with E-state index in [9.17, 15) is 4.79 Å². The van der Waals surface area contributed by atoms with Crippen molar-refractivity contribution in [1.82, 2.24) is 5.32 Å². The van der Waals surface area contributed by atoms with Crippen molar-refractivity contribution in [3.63, 3.8) is 0 Å². The number of aliphatic imine (C=N–C) groups is 1. The Morgan fingerprint density at radius 2 is 2.05 bits per heavy atom. The third-order valence-electron chi connectivity index (χ3n) is 2.84. The summed E-state index contributed by atoms with van der Waals surface area (Å²) in [6, 6.07) is 13.1. The van der Waals surface area contributed by atoms with Crippen LogP contribution in [0.5, 0.6) is 0 Å². The Labute approximate surface area is 123 Å². The van der Waals surface area contributed by atoms with Gasteiger partial charge in [-0.05, 0) is 31.5 Å². The highest BCUT2D eigenvalue weighted by Crippen LogP contribution is 2.16. The third kappa shape index (κ3) is 4.21. The first kappa shape index (κ1) is 14.8. The summed E-state index contributed by atoms with van der Waals surface area (Å²) < 4.78 is 10.4. The molecule has 0 spiro atoms. The lowest BCUT2D eigenvalue weighted by atomic mass is 10.1. The van der Waals surface area contributed by atoms with Gasteiger partial charge in [-0.1, -0.05) is 30.3 Å². The normalized spacial score (nSPS) is 12.8. The first-order valence-corrected chi connectivity index (χ1v) is 6.81. The van der Waals surface area contributed by atoms with Gasteiger partial charge in [0.05, 0.1) is 18.9 Å². The summed E-state index contributed by atoms with van der Waals surface area (Å²) in [4.78, 5) is 16.4. The minimum absolute atomic E-state index is 0.121. The molecular formula is C16H18N2O3. The van der Waals surface area contributed by atoms with Crippen molar-refractivity contribution in [2.45, 2.75) is 19.9 Å². The van der Waals surface area contributed by atoms with Crippen LogP contribution in [0.1, 0.15) is 36.0 Å². The van der Waals surface area contributed by atoms with Crippen molar-refractivity contribution in [1.29, 1.82) is 0 Å². The van der Waals surface area contributed by atoms with E-state index in [1.54, 1.807) is 12.1 Å². The van der Waals surface area contributed by atoms with Gasteiger partial charge >= 0.3 is 0 Å². The number of ether oxygens (including phenoxy) is 1. The number of carbonyl (C=O) groups excluding carboxylic acids is 1. The molecule has 1 amide bonds. The first-order valence-electron chi connectivity index (χ1n) is 6.81. The molecule has 0 aliphatic heterocycles. The molecule has 0 aliphatic rings. The Balaban J connectivity index is 2.11. The van der Waals surface area contributed by atoms with Gasteiger partial charge in [-0.15, -0.1) is 0 Å². The molecule has 0 aliphatic carbocycles. The molecule has 1 atom stereocenters. The summed E-state index contributed by atoms with van der Waals surface area (Å²) in [5, 5.41) is 2.62. The Kier molecular flexibility index (Phi) is 5.15. The molecule has 0 saturated carbocycles. The van der Waals surface area contributed by atoms with E-state index in [1.165, 1.54) is 6.26 Å². The second-order valence-corrected chi connectivity index (χ2v) is 4.39. The number of hydrogen-bond acceptors (Lipinski definition) is 4. The molecule has 5 nitrogen and oxygen atoms in total. The van der Waals surface area contributed by atoms with Gasteiger partial charge in [-0.25, -0.2) is 4.99 Å². The number of nitrogens with zero attached hydrogens (tertiary/aromatic N) is 1. The van der Waals surface area contributed by atoms with E-state index in [4.69, 9.17) is 9.15 Å². The lowest BCUT2D eigenvalue weighted by molar-refractivity contribution is 0.0938. The van der Waals surface area contributed by atoms with Crippen molar-refractivity contribution in [3.8, 4) is 0 Å². The minimum atomic E-state index is -0.382. The van der Waals surface area contributed by atoms with Crippen LogP contribution in [-0.4, -0.2) is 18.5 Å². The molecule has 0 bridgehead atoms. The van der Waals surface area contributed by atoms with E-state index in [-0.39, 0.29) is 23.7 Å². The molecule has 1 unspecified atom stereocenters. The van der Waals surface area contributed by atoms with E-state index in [1.807, 2.05) is 44.2 Å². The number of rotatable bonds is 4. The summed E-state index contributed by atoms with van der Waals surface area (Å²) in [6.45, 7) is 4.19. The minimum Gasteiger partial charge on any atom is -0.465 e. The average molecular weight is 286 g/mol. The van der Waals surface area contributed by atoms with E-state index >= 15 is 0 Å². The highest BCUT2D eigenvalue weighted by atomic mass is 16.5. The summed E-state index contributed by atoms with van der Waals surface area (Å²) in [6.07, 6.45) is 1.44. The van der Waals surface area contributed by atoms with Gasteiger partial charge in [0.25, 0.3) is 11.9 Å². The van der Waals surface area contributed by atoms with Crippen molar-refractivity contribution < 1.29 is 13.9 Å². The number of nitrogens with one attached hydrogen (secondary N) is 1. The predicted octanol–water partition coefficient (Wildman–Crippen LogP) is 3.16. The van der Waals surface area contributed by atoms with Gasteiger partial charge in [0, 0.05) is 0 Å². The molecule has 1 heterocycles. The fourth-order valence-electron chi connectivity index (χ4n) is 1.79. The second-order valence-electron chi connectivity index (χ2n) is 4.39. The zero-order valence-electron chi connectivity index (χ0n) is 12.1. The number of benzene rings is 1. The Morgan fingerprint density at radius 1 is 1.29 bits per heavy atom. The van der Waals surface area contributed by atoms with E-state index < -0.39 is 0 Å². The highest BCUT2D eigenvalue weighted by molar-refractivity contribution is 6.02. The molecule has 0 fully saturated rings. The number of hydrogen-bond donors (Lipinski definition) is 1. The molecule has 1 aromatic heterocycles. The van der Waals surface area contributed by atoms with Crippen molar-refractivity contribution in [2.75, 3.05) is 6.61 Å².